The standard InChI is InChI=1S/C14H17NS/c1-14(2,3)12-6-4-11(5-7-12)8-13-9-15-10-16-13/h4-7,9-10H,8H2,1-3H3. The van der Waals surface area contributed by atoms with Crippen molar-refractivity contribution in [1.29, 1.82) is 0 Å². The van der Waals surface area contributed by atoms with Crippen LogP contribution in [0.2, 0.25) is 0 Å². The van der Waals surface area contributed by atoms with Gasteiger partial charge in [-0.05, 0) is 16.5 Å². The van der Waals surface area contributed by atoms with Crippen LogP contribution < -0.4 is 0 Å². The first-order valence-corrected chi connectivity index (χ1v) is 6.40. The zero-order valence-electron chi connectivity index (χ0n) is 10.0. The molecule has 1 aromatic carbocycles. The second-order valence-electron chi connectivity index (χ2n) is 5.09. The van der Waals surface area contributed by atoms with Crippen LogP contribution in [0.3, 0.4) is 0 Å². The number of hydrogen-bond donors (Lipinski definition) is 0. The second-order valence-corrected chi connectivity index (χ2v) is 6.06. The van der Waals surface area contributed by atoms with Crippen molar-refractivity contribution in [3.63, 3.8) is 0 Å². The van der Waals surface area contributed by atoms with Crippen LogP contribution in [0.25, 0.3) is 0 Å². The molecule has 0 bridgehead atoms. The van der Waals surface area contributed by atoms with E-state index in [4.69, 9.17) is 0 Å². The Balaban J connectivity index is 2.14. The molecule has 0 aliphatic rings. The van der Waals surface area contributed by atoms with Gasteiger partial charge in [0.25, 0.3) is 0 Å². The summed E-state index contributed by atoms with van der Waals surface area (Å²) < 4.78 is 0. The molecule has 0 unspecified atom stereocenters. The van der Waals surface area contributed by atoms with E-state index in [1.165, 1.54) is 16.0 Å². The fourth-order valence-corrected chi connectivity index (χ4v) is 2.28. The van der Waals surface area contributed by atoms with E-state index < -0.39 is 0 Å². The summed E-state index contributed by atoms with van der Waals surface area (Å²) in [6.07, 6.45) is 2.94. The molecule has 1 nitrogen and oxygen atoms in total. The van der Waals surface area contributed by atoms with Crippen LogP contribution in [0.4, 0.5) is 0 Å². The molecule has 0 atom stereocenters. The summed E-state index contributed by atoms with van der Waals surface area (Å²) >= 11 is 1.72. The minimum Gasteiger partial charge on any atom is -0.253 e. The fourth-order valence-electron chi connectivity index (χ4n) is 1.65. The first kappa shape index (κ1) is 11.3. The van der Waals surface area contributed by atoms with Gasteiger partial charge in [-0.2, -0.15) is 0 Å². The Bertz CT molecular complexity index is 435. The molecule has 0 amide bonds. The highest BCUT2D eigenvalue weighted by Gasteiger charge is 2.12. The molecule has 2 rings (SSSR count). The smallest absolute Gasteiger partial charge is 0.0794 e. The number of thiazole rings is 1. The summed E-state index contributed by atoms with van der Waals surface area (Å²) in [6, 6.07) is 8.91. The minimum absolute atomic E-state index is 0.239. The topological polar surface area (TPSA) is 12.9 Å². The molecule has 0 saturated carbocycles. The average Bonchev–Trinajstić information content (AvgIpc) is 2.70. The molecular formula is C14H17NS. The first-order valence-electron chi connectivity index (χ1n) is 5.52. The van der Waals surface area contributed by atoms with Gasteiger partial charge in [-0.3, -0.25) is 4.98 Å². The van der Waals surface area contributed by atoms with E-state index in [-0.39, 0.29) is 5.41 Å². The van der Waals surface area contributed by atoms with Crippen molar-refractivity contribution in [3.8, 4) is 0 Å². The SMILES string of the molecule is CC(C)(C)c1ccc(Cc2cncs2)cc1. The second kappa shape index (κ2) is 4.38. The molecule has 84 valence electrons. The molecule has 2 heteroatoms. The fraction of sp³-hybridized carbons (Fsp3) is 0.357. The molecule has 1 heterocycles. The monoisotopic (exact) mass is 231 g/mol. The van der Waals surface area contributed by atoms with E-state index in [1.54, 1.807) is 11.3 Å². The highest BCUT2D eigenvalue weighted by molar-refractivity contribution is 7.09. The average molecular weight is 231 g/mol. The van der Waals surface area contributed by atoms with Crippen LogP contribution in [-0.4, -0.2) is 4.98 Å². The summed E-state index contributed by atoms with van der Waals surface area (Å²) in [4.78, 5) is 5.42. The molecule has 0 spiro atoms. The Hall–Kier alpha value is -1.15. The summed E-state index contributed by atoms with van der Waals surface area (Å²) in [5, 5.41) is 0. The van der Waals surface area contributed by atoms with Crippen molar-refractivity contribution in [2.24, 2.45) is 0 Å². The normalized spacial score (nSPS) is 11.7. The maximum atomic E-state index is 4.09. The molecule has 0 aliphatic heterocycles. The van der Waals surface area contributed by atoms with Gasteiger partial charge in [-0.15, -0.1) is 11.3 Å². The van der Waals surface area contributed by atoms with Gasteiger partial charge in [0.1, 0.15) is 0 Å². The van der Waals surface area contributed by atoms with E-state index in [0.717, 1.165) is 6.42 Å². The van der Waals surface area contributed by atoms with Gasteiger partial charge in [-0.1, -0.05) is 45.0 Å². The van der Waals surface area contributed by atoms with E-state index in [9.17, 15) is 0 Å². The number of nitrogens with zero attached hydrogens (tertiary/aromatic N) is 1. The van der Waals surface area contributed by atoms with E-state index in [0.29, 0.717) is 0 Å². The summed E-state index contributed by atoms with van der Waals surface area (Å²) in [6.45, 7) is 6.72. The predicted octanol–water partition coefficient (Wildman–Crippen LogP) is 4.03. The number of hydrogen-bond acceptors (Lipinski definition) is 2. The third-order valence-electron chi connectivity index (χ3n) is 2.68. The van der Waals surface area contributed by atoms with E-state index in [1.807, 2.05) is 11.7 Å². The van der Waals surface area contributed by atoms with Gasteiger partial charge in [-0.25, -0.2) is 0 Å². The number of rotatable bonds is 2. The Morgan fingerprint density at radius 2 is 1.81 bits per heavy atom. The number of aromatic nitrogens is 1. The highest BCUT2D eigenvalue weighted by atomic mass is 32.1. The Kier molecular flexibility index (Phi) is 3.10. The predicted molar refractivity (Wildman–Crippen MR) is 70.1 cm³/mol. The van der Waals surface area contributed by atoms with Gasteiger partial charge in [0.15, 0.2) is 0 Å². The molecule has 0 radical (unpaired) electrons. The van der Waals surface area contributed by atoms with Crippen LogP contribution in [0.15, 0.2) is 36.0 Å². The van der Waals surface area contributed by atoms with Gasteiger partial charge in [0, 0.05) is 17.5 Å². The Morgan fingerprint density at radius 1 is 1.12 bits per heavy atom. The zero-order chi connectivity index (χ0) is 11.6. The summed E-state index contributed by atoms with van der Waals surface area (Å²) in [5.74, 6) is 0. The molecular weight excluding hydrogens is 214 g/mol. The maximum Gasteiger partial charge on any atom is 0.0794 e. The third-order valence-corrected chi connectivity index (χ3v) is 3.46. The Labute approximate surface area is 101 Å². The Morgan fingerprint density at radius 3 is 2.31 bits per heavy atom. The lowest BCUT2D eigenvalue weighted by Crippen LogP contribution is -2.10. The largest absolute Gasteiger partial charge is 0.253 e. The van der Waals surface area contributed by atoms with Crippen LogP contribution in [-0.2, 0) is 11.8 Å². The van der Waals surface area contributed by atoms with Crippen molar-refractivity contribution < 1.29 is 0 Å². The molecule has 0 saturated heterocycles. The maximum absolute atomic E-state index is 4.09. The molecule has 16 heavy (non-hydrogen) atoms. The molecule has 0 N–H and O–H groups in total. The molecule has 1 aromatic heterocycles. The highest BCUT2D eigenvalue weighted by Crippen LogP contribution is 2.23. The van der Waals surface area contributed by atoms with E-state index in [2.05, 4.69) is 50.0 Å². The van der Waals surface area contributed by atoms with Gasteiger partial charge < -0.3 is 0 Å². The molecule has 2 aromatic rings. The lowest BCUT2D eigenvalue weighted by molar-refractivity contribution is 0.590. The van der Waals surface area contributed by atoms with Crippen LogP contribution in [0.1, 0.15) is 36.8 Å². The van der Waals surface area contributed by atoms with Crippen molar-refractivity contribution >= 4 is 11.3 Å². The quantitative estimate of drug-likeness (QED) is 0.760. The van der Waals surface area contributed by atoms with Gasteiger partial charge in [0.2, 0.25) is 0 Å². The van der Waals surface area contributed by atoms with Crippen molar-refractivity contribution in [1.82, 2.24) is 4.98 Å². The van der Waals surface area contributed by atoms with Crippen molar-refractivity contribution in [2.45, 2.75) is 32.6 Å². The van der Waals surface area contributed by atoms with Crippen molar-refractivity contribution in [2.75, 3.05) is 0 Å². The number of benzene rings is 1. The minimum atomic E-state index is 0.239. The third kappa shape index (κ3) is 2.70. The first-order chi connectivity index (χ1) is 7.55. The molecule has 0 fully saturated rings. The molecule has 0 aliphatic carbocycles. The van der Waals surface area contributed by atoms with Crippen LogP contribution in [0, 0.1) is 0 Å². The zero-order valence-corrected chi connectivity index (χ0v) is 10.8. The lowest BCUT2D eigenvalue weighted by Gasteiger charge is -2.19. The van der Waals surface area contributed by atoms with Crippen LogP contribution in [0.5, 0.6) is 0 Å². The van der Waals surface area contributed by atoms with Crippen molar-refractivity contribution in [3.05, 3.63) is 52.0 Å². The van der Waals surface area contributed by atoms with Gasteiger partial charge >= 0.3 is 0 Å². The lowest BCUT2D eigenvalue weighted by atomic mass is 9.86. The summed E-state index contributed by atoms with van der Waals surface area (Å²) in [5.41, 5.74) is 4.87. The van der Waals surface area contributed by atoms with Gasteiger partial charge in [0.05, 0.1) is 5.51 Å². The van der Waals surface area contributed by atoms with E-state index >= 15 is 0 Å². The summed E-state index contributed by atoms with van der Waals surface area (Å²) in [7, 11) is 0. The van der Waals surface area contributed by atoms with Crippen LogP contribution >= 0.6 is 11.3 Å².